The minimum absolute atomic E-state index is 0.424. The molecule has 122 valence electrons. The molecule has 2 aliphatic carbocycles. The first-order valence-corrected chi connectivity index (χ1v) is 9.01. The standard InChI is InChI=1S/C19H30N2O/c1-14(21-18-9-10-18)17-12-16(6-3-4-11-22-2)19(20-13-17)15-7-5-8-15/h12-15,18,21H,3-11H2,1-2H3. The summed E-state index contributed by atoms with van der Waals surface area (Å²) in [6.45, 7) is 3.14. The number of nitrogens with one attached hydrogen (secondary N) is 1. The van der Waals surface area contributed by atoms with Crippen LogP contribution >= 0.6 is 0 Å². The van der Waals surface area contributed by atoms with Crippen LogP contribution < -0.4 is 5.32 Å². The number of methoxy groups -OCH3 is 1. The molecular weight excluding hydrogens is 272 g/mol. The third kappa shape index (κ3) is 4.08. The van der Waals surface area contributed by atoms with Gasteiger partial charge in [-0.2, -0.15) is 0 Å². The third-order valence-corrected chi connectivity index (χ3v) is 5.12. The van der Waals surface area contributed by atoms with E-state index in [9.17, 15) is 0 Å². The van der Waals surface area contributed by atoms with Crippen LogP contribution in [0.15, 0.2) is 12.3 Å². The van der Waals surface area contributed by atoms with Gasteiger partial charge in [0.05, 0.1) is 0 Å². The van der Waals surface area contributed by atoms with Crippen LogP contribution in [0.1, 0.15) is 80.7 Å². The van der Waals surface area contributed by atoms with Gasteiger partial charge in [0, 0.05) is 43.6 Å². The molecule has 22 heavy (non-hydrogen) atoms. The Morgan fingerprint density at radius 2 is 2.09 bits per heavy atom. The first-order chi connectivity index (χ1) is 10.8. The highest BCUT2D eigenvalue weighted by Crippen LogP contribution is 2.38. The van der Waals surface area contributed by atoms with Gasteiger partial charge < -0.3 is 10.1 Å². The maximum Gasteiger partial charge on any atom is 0.0466 e. The molecule has 3 nitrogen and oxygen atoms in total. The molecular formula is C19H30N2O. The van der Waals surface area contributed by atoms with Gasteiger partial charge in [-0.15, -0.1) is 0 Å². The molecule has 0 saturated heterocycles. The van der Waals surface area contributed by atoms with Crippen LogP contribution in [0.25, 0.3) is 0 Å². The van der Waals surface area contributed by atoms with Gasteiger partial charge in [0.1, 0.15) is 0 Å². The van der Waals surface area contributed by atoms with Crippen LogP contribution in [0, 0.1) is 0 Å². The van der Waals surface area contributed by atoms with E-state index in [0.29, 0.717) is 6.04 Å². The summed E-state index contributed by atoms with van der Waals surface area (Å²) >= 11 is 0. The van der Waals surface area contributed by atoms with Crippen LogP contribution in [0.4, 0.5) is 0 Å². The fourth-order valence-electron chi connectivity index (χ4n) is 3.29. The maximum atomic E-state index is 5.18. The predicted octanol–water partition coefficient (Wildman–Crippen LogP) is 4.13. The molecule has 1 heterocycles. The highest BCUT2D eigenvalue weighted by Gasteiger charge is 2.26. The molecule has 0 bridgehead atoms. The molecule has 3 rings (SSSR count). The average Bonchev–Trinajstić information content (AvgIpc) is 3.27. The fraction of sp³-hybridized carbons (Fsp3) is 0.737. The van der Waals surface area contributed by atoms with Crippen molar-refractivity contribution in [2.45, 2.75) is 76.3 Å². The summed E-state index contributed by atoms with van der Waals surface area (Å²) in [5.74, 6) is 0.721. The largest absolute Gasteiger partial charge is 0.385 e. The van der Waals surface area contributed by atoms with Gasteiger partial charge in [-0.1, -0.05) is 12.5 Å². The van der Waals surface area contributed by atoms with E-state index in [4.69, 9.17) is 9.72 Å². The molecule has 1 unspecified atom stereocenters. The van der Waals surface area contributed by atoms with Crippen LogP contribution in [-0.4, -0.2) is 24.7 Å². The number of rotatable bonds is 9. The Bertz CT molecular complexity index is 480. The third-order valence-electron chi connectivity index (χ3n) is 5.12. The fourth-order valence-corrected chi connectivity index (χ4v) is 3.29. The molecule has 0 radical (unpaired) electrons. The quantitative estimate of drug-likeness (QED) is 0.696. The number of unbranched alkanes of at least 4 members (excludes halogenated alkanes) is 1. The van der Waals surface area contributed by atoms with Crippen molar-refractivity contribution in [3.05, 3.63) is 29.1 Å². The Morgan fingerprint density at radius 1 is 1.27 bits per heavy atom. The van der Waals surface area contributed by atoms with Crippen LogP contribution in [-0.2, 0) is 11.2 Å². The molecule has 2 fully saturated rings. The number of hydrogen-bond donors (Lipinski definition) is 1. The van der Waals surface area contributed by atoms with Crippen molar-refractivity contribution in [1.29, 1.82) is 0 Å². The Morgan fingerprint density at radius 3 is 2.73 bits per heavy atom. The molecule has 1 aromatic rings. The summed E-state index contributed by atoms with van der Waals surface area (Å²) in [4.78, 5) is 4.88. The normalized spacial score (nSPS) is 19.9. The maximum absolute atomic E-state index is 5.18. The van der Waals surface area contributed by atoms with Crippen LogP contribution in [0.2, 0.25) is 0 Å². The SMILES string of the molecule is COCCCCc1cc(C(C)NC2CC2)cnc1C1CCC1. The van der Waals surface area contributed by atoms with Gasteiger partial charge in [-0.3, -0.25) is 4.98 Å². The monoisotopic (exact) mass is 302 g/mol. The number of hydrogen-bond acceptors (Lipinski definition) is 3. The van der Waals surface area contributed by atoms with E-state index in [-0.39, 0.29) is 0 Å². The Kier molecular flexibility index (Phi) is 5.48. The first kappa shape index (κ1) is 15.9. The van der Waals surface area contributed by atoms with E-state index >= 15 is 0 Å². The lowest BCUT2D eigenvalue weighted by Crippen LogP contribution is -2.22. The van der Waals surface area contributed by atoms with E-state index in [2.05, 4.69) is 24.5 Å². The molecule has 3 heteroatoms. The summed E-state index contributed by atoms with van der Waals surface area (Å²) in [6.07, 6.45) is 12.3. The predicted molar refractivity (Wildman–Crippen MR) is 90.2 cm³/mol. The second kappa shape index (κ2) is 7.56. The van der Waals surface area contributed by atoms with Crippen molar-refractivity contribution in [2.24, 2.45) is 0 Å². The number of aryl methyl sites for hydroxylation is 1. The average molecular weight is 302 g/mol. The molecule has 1 aromatic heterocycles. The van der Waals surface area contributed by atoms with Gasteiger partial charge in [0.2, 0.25) is 0 Å². The minimum atomic E-state index is 0.424. The molecule has 1 N–H and O–H groups in total. The van der Waals surface area contributed by atoms with E-state index in [1.807, 2.05) is 0 Å². The Hall–Kier alpha value is -0.930. The summed E-state index contributed by atoms with van der Waals surface area (Å²) in [5, 5.41) is 3.69. The number of aromatic nitrogens is 1. The Balaban J connectivity index is 1.68. The lowest BCUT2D eigenvalue weighted by molar-refractivity contribution is 0.193. The summed E-state index contributed by atoms with van der Waals surface area (Å²) in [6, 6.07) is 3.59. The Labute approximate surface area is 134 Å². The van der Waals surface area contributed by atoms with Gasteiger partial charge in [-0.25, -0.2) is 0 Å². The lowest BCUT2D eigenvalue weighted by Gasteiger charge is -2.27. The number of nitrogens with zero attached hydrogens (tertiary/aromatic N) is 1. The first-order valence-electron chi connectivity index (χ1n) is 9.01. The second-order valence-corrected chi connectivity index (χ2v) is 7.05. The van der Waals surface area contributed by atoms with Crippen molar-refractivity contribution in [2.75, 3.05) is 13.7 Å². The van der Waals surface area contributed by atoms with E-state index in [0.717, 1.165) is 31.4 Å². The van der Waals surface area contributed by atoms with E-state index in [1.165, 1.54) is 55.3 Å². The van der Waals surface area contributed by atoms with Gasteiger partial charge >= 0.3 is 0 Å². The molecule has 2 saturated carbocycles. The van der Waals surface area contributed by atoms with Crippen LogP contribution in [0.3, 0.4) is 0 Å². The highest BCUT2D eigenvalue weighted by atomic mass is 16.5. The zero-order chi connectivity index (χ0) is 15.4. The zero-order valence-corrected chi connectivity index (χ0v) is 14.1. The van der Waals surface area contributed by atoms with E-state index in [1.54, 1.807) is 7.11 Å². The molecule has 0 aromatic carbocycles. The van der Waals surface area contributed by atoms with Gasteiger partial charge in [0.25, 0.3) is 0 Å². The highest BCUT2D eigenvalue weighted by molar-refractivity contribution is 5.31. The van der Waals surface area contributed by atoms with Gasteiger partial charge in [0.15, 0.2) is 0 Å². The molecule has 0 aliphatic heterocycles. The molecule has 2 aliphatic rings. The summed E-state index contributed by atoms with van der Waals surface area (Å²) < 4.78 is 5.18. The second-order valence-electron chi connectivity index (χ2n) is 7.05. The molecule has 0 amide bonds. The minimum Gasteiger partial charge on any atom is -0.385 e. The van der Waals surface area contributed by atoms with Crippen molar-refractivity contribution in [3.63, 3.8) is 0 Å². The van der Waals surface area contributed by atoms with Crippen molar-refractivity contribution in [3.8, 4) is 0 Å². The van der Waals surface area contributed by atoms with Crippen molar-refractivity contribution >= 4 is 0 Å². The topological polar surface area (TPSA) is 34.1 Å². The number of pyridine rings is 1. The lowest BCUT2D eigenvalue weighted by atomic mass is 9.80. The molecule has 1 atom stereocenters. The number of ether oxygens (including phenoxy) is 1. The zero-order valence-electron chi connectivity index (χ0n) is 14.1. The smallest absolute Gasteiger partial charge is 0.0466 e. The van der Waals surface area contributed by atoms with E-state index < -0.39 is 0 Å². The van der Waals surface area contributed by atoms with Crippen molar-refractivity contribution in [1.82, 2.24) is 10.3 Å². The summed E-state index contributed by atoms with van der Waals surface area (Å²) in [7, 11) is 1.78. The molecule has 0 spiro atoms. The van der Waals surface area contributed by atoms with Crippen molar-refractivity contribution < 1.29 is 4.74 Å². The van der Waals surface area contributed by atoms with Gasteiger partial charge in [-0.05, 0) is 63.0 Å². The summed E-state index contributed by atoms with van der Waals surface area (Å²) in [5.41, 5.74) is 4.23. The van der Waals surface area contributed by atoms with Crippen LogP contribution in [0.5, 0.6) is 0 Å².